The number of carbonyl (C=O) groups excluding carboxylic acids is 1. The monoisotopic (exact) mass is 313 g/mol. The highest BCUT2D eigenvalue weighted by molar-refractivity contribution is 6.30. The van der Waals surface area contributed by atoms with Gasteiger partial charge in [-0.05, 0) is 30.3 Å². The summed E-state index contributed by atoms with van der Waals surface area (Å²) >= 11 is 5.89. The highest BCUT2D eigenvalue weighted by Gasteiger charge is 2.33. The number of amides is 1. The summed E-state index contributed by atoms with van der Waals surface area (Å²) < 4.78 is 5.66. The highest BCUT2D eigenvalue weighted by Crippen LogP contribution is 2.21. The van der Waals surface area contributed by atoms with Crippen LogP contribution in [0.25, 0.3) is 0 Å². The number of carbonyl (C=O) groups is 1. The molecule has 1 aliphatic heterocycles. The highest BCUT2D eigenvalue weighted by atomic mass is 35.5. The number of rotatable bonds is 3. The molecule has 1 fully saturated rings. The maximum absolute atomic E-state index is 12.2. The Morgan fingerprint density at radius 2 is 2.18 bits per heavy atom. The van der Waals surface area contributed by atoms with Crippen LogP contribution in [0.15, 0.2) is 42.6 Å². The Balaban J connectivity index is 1.60. The maximum Gasteiger partial charge on any atom is 0.254 e. The van der Waals surface area contributed by atoms with Crippen molar-refractivity contribution in [1.29, 1.82) is 5.26 Å². The van der Waals surface area contributed by atoms with Gasteiger partial charge in [0.05, 0.1) is 13.1 Å². The largest absolute Gasteiger partial charge is 0.470 e. The molecule has 0 saturated carbocycles. The van der Waals surface area contributed by atoms with E-state index in [4.69, 9.17) is 21.6 Å². The fourth-order valence-electron chi connectivity index (χ4n) is 2.21. The van der Waals surface area contributed by atoms with E-state index in [2.05, 4.69) is 4.98 Å². The molecule has 0 unspecified atom stereocenters. The first-order valence-electron chi connectivity index (χ1n) is 6.74. The molecule has 1 aromatic carbocycles. The Bertz CT molecular complexity index is 751. The molecule has 0 bridgehead atoms. The van der Waals surface area contributed by atoms with Crippen molar-refractivity contribution >= 4 is 17.5 Å². The zero-order chi connectivity index (χ0) is 15.5. The van der Waals surface area contributed by atoms with E-state index < -0.39 is 0 Å². The van der Waals surface area contributed by atoms with Crippen LogP contribution in [0.2, 0.25) is 5.02 Å². The van der Waals surface area contributed by atoms with Crippen LogP contribution in [-0.2, 0) is 0 Å². The minimum atomic E-state index is -0.148. The number of benzene rings is 1. The number of hydrogen-bond donors (Lipinski definition) is 0. The van der Waals surface area contributed by atoms with Crippen LogP contribution in [0.1, 0.15) is 15.9 Å². The molecule has 0 N–H and O–H groups in total. The van der Waals surface area contributed by atoms with E-state index in [1.165, 1.54) is 0 Å². The number of likely N-dealkylation sites (tertiary alicyclic amines) is 1. The summed E-state index contributed by atoms with van der Waals surface area (Å²) in [5.41, 5.74) is 0.948. The summed E-state index contributed by atoms with van der Waals surface area (Å²) in [5.74, 6) is 0.230. The lowest BCUT2D eigenvalue weighted by atomic mass is 10.1. The summed E-state index contributed by atoms with van der Waals surface area (Å²) in [6.07, 6.45) is 1.43. The van der Waals surface area contributed by atoms with E-state index in [0.29, 0.717) is 35.1 Å². The lowest BCUT2D eigenvalue weighted by Crippen LogP contribution is -2.56. The quantitative estimate of drug-likeness (QED) is 0.873. The van der Waals surface area contributed by atoms with Crippen molar-refractivity contribution in [3.8, 4) is 11.9 Å². The molecule has 2 heterocycles. The molecule has 0 radical (unpaired) electrons. The van der Waals surface area contributed by atoms with E-state index in [9.17, 15) is 4.79 Å². The topological polar surface area (TPSA) is 66.2 Å². The average Bonchev–Trinajstić information content (AvgIpc) is 2.50. The van der Waals surface area contributed by atoms with E-state index in [1.54, 1.807) is 47.5 Å². The predicted molar refractivity (Wildman–Crippen MR) is 80.7 cm³/mol. The van der Waals surface area contributed by atoms with Gasteiger partial charge in [-0.15, -0.1) is 0 Å². The molecule has 1 amide bonds. The first kappa shape index (κ1) is 14.4. The molecular weight excluding hydrogens is 302 g/mol. The Morgan fingerprint density at radius 1 is 1.36 bits per heavy atom. The first-order valence-corrected chi connectivity index (χ1v) is 7.12. The van der Waals surface area contributed by atoms with Crippen molar-refractivity contribution in [2.24, 2.45) is 0 Å². The zero-order valence-corrected chi connectivity index (χ0v) is 12.3. The van der Waals surface area contributed by atoms with Gasteiger partial charge in [0.15, 0.2) is 0 Å². The minimum Gasteiger partial charge on any atom is -0.470 e. The van der Waals surface area contributed by atoms with Crippen LogP contribution in [0.5, 0.6) is 5.88 Å². The number of ether oxygens (including phenoxy) is 1. The van der Waals surface area contributed by atoms with Crippen LogP contribution in [-0.4, -0.2) is 35.0 Å². The predicted octanol–water partition coefficient (Wildman–Crippen LogP) is 2.51. The molecule has 1 aromatic heterocycles. The fourth-order valence-corrected chi connectivity index (χ4v) is 2.40. The van der Waals surface area contributed by atoms with Crippen LogP contribution in [0.4, 0.5) is 0 Å². The number of nitrogens with zero attached hydrogens (tertiary/aromatic N) is 3. The summed E-state index contributed by atoms with van der Waals surface area (Å²) in [6.45, 7) is 0.930. The molecular formula is C16H12ClN3O2. The van der Waals surface area contributed by atoms with Gasteiger partial charge < -0.3 is 9.64 Å². The van der Waals surface area contributed by atoms with Crippen molar-refractivity contribution in [3.05, 3.63) is 58.7 Å². The molecule has 6 heteroatoms. The SMILES string of the molecule is N#Cc1cccnc1OC1CN(C(=O)c2cccc(Cl)c2)C1. The standard InChI is InChI=1S/C16H12ClN3O2/c17-13-5-1-3-11(7-13)16(21)20-9-14(10-20)22-15-12(8-18)4-2-6-19-15/h1-7,14H,9-10H2. The van der Waals surface area contributed by atoms with Crippen LogP contribution < -0.4 is 4.74 Å². The second kappa shape index (κ2) is 6.04. The molecule has 1 saturated heterocycles. The van der Waals surface area contributed by atoms with Crippen LogP contribution >= 0.6 is 11.6 Å². The van der Waals surface area contributed by atoms with Gasteiger partial charge in [-0.2, -0.15) is 5.26 Å². The van der Waals surface area contributed by atoms with Gasteiger partial charge in [0, 0.05) is 16.8 Å². The van der Waals surface area contributed by atoms with Crippen molar-refractivity contribution in [3.63, 3.8) is 0 Å². The second-order valence-electron chi connectivity index (χ2n) is 4.93. The van der Waals surface area contributed by atoms with E-state index in [0.717, 1.165) is 0 Å². The van der Waals surface area contributed by atoms with Gasteiger partial charge in [-0.1, -0.05) is 17.7 Å². The number of hydrogen-bond acceptors (Lipinski definition) is 4. The number of aromatic nitrogens is 1. The third kappa shape index (κ3) is 2.87. The van der Waals surface area contributed by atoms with Gasteiger partial charge >= 0.3 is 0 Å². The summed E-state index contributed by atoms with van der Waals surface area (Å²) in [6, 6.07) is 12.2. The van der Waals surface area contributed by atoms with E-state index in [1.807, 2.05) is 6.07 Å². The second-order valence-corrected chi connectivity index (χ2v) is 5.36. The van der Waals surface area contributed by atoms with Gasteiger partial charge in [-0.25, -0.2) is 4.98 Å². The number of nitriles is 1. The third-order valence-corrected chi connectivity index (χ3v) is 3.61. The summed E-state index contributed by atoms with van der Waals surface area (Å²) in [4.78, 5) is 18.0. The van der Waals surface area contributed by atoms with E-state index >= 15 is 0 Å². The number of pyridine rings is 1. The molecule has 2 aromatic rings. The van der Waals surface area contributed by atoms with Crippen molar-refractivity contribution in [2.75, 3.05) is 13.1 Å². The zero-order valence-electron chi connectivity index (χ0n) is 11.6. The smallest absolute Gasteiger partial charge is 0.254 e. The molecule has 3 rings (SSSR count). The summed E-state index contributed by atoms with van der Waals surface area (Å²) in [7, 11) is 0. The molecule has 0 aliphatic carbocycles. The average molecular weight is 314 g/mol. The van der Waals surface area contributed by atoms with Crippen molar-refractivity contribution in [2.45, 2.75) is 6.10 Å². The van der Waals surface area contributed by atoms with E-state index in [-0.39, 0.29) is 12.0 Å². The lowest BCUT2D eigenvalue weighted by Gasteiger charge is -2.38. The lowest BCUT2D eigenvalue weighted by molar-refractivity contribution is 0.0159. The first-order chi connectivity index (χ1) is 10.7. The van der Waals surface area contributed by atoms with Crippen LogP contribution in [0.3, 0.4) is 0 Å². The van der Waals surface area contributed by atoms with Gasteiger partial charge in [0.2, 0.25) is 5.88 Å². The molecule has 22 heavy (non-hydrogen) atoms. The number of halogens is 1. The molecule has 0 spiro atoms. The maximum atomic E-state index is 12.2. The van der Waals surface area contributed by atoms with Crippen LogP contribution in [0, 0.1) is 11.3 Å². The molecule has 110 valence electrons. The van der Waals surface area contributed by atoms with Gasteiger partial charge in [-0.3, -0.25) is 4.79 Å². The Hall–Kier alpha value is -2.58. The molecule has 5 nitrogen and oxygen atoms in total. The van der Waals surface area contributed by atoms with Gasteiger partial charge in [0.1, 0.15) is 17.7 Å². The van der Waals surface area contributed by atoms with Crippen molar-refractivity contribution < 1.29 is 9.53 Å². The third-order valence-electron chi connectivity index (χ3n) is 3.38. The van der Waals surface area contributed by atoms with Gasteiger partial charge in [0.25, 0.3) is 5.91 Å². The Morgan fingerprint density at radius 3 is 2.91 bits per heavy atom. The Kier molecular flexibility index (Phi) is 3.94. The molecule has 1 aliphatic rings. The molecule has 0 atom stereocenters. The van der Waals surface area contributed by atoms with Crippen molar-refractivity contribution in [1.82, 2.24) is 9.88 Å². The Labute approximate surface area is 132 Å². The fraction of sp³-hybridized carbons (Fsp3) is 0.188. The normalized spacial score (nSPS) is 14.1. The summed E-state index contributed by atoms with van der Waals surface area (Å²) in [5, 5.41) is 9.52. The minimum absolute atomic E-state index is 0.0797.